The highest BCUT2D eigenvalue weighted by Crippen LogP contribution is 2.38. The lowest BCUT2D eigenvalue weighted by molar-refractivity contribution is -0.142. The number of fused-ring (bicyclic) bond motifs is 1. The van der Waals surface area contributed by atoms with Crippen molar-refractivity contribution in [3.05, 3.63) is 41.1 Å². The van der Waals surface area contributed by atoms with Gasteiger partial charge in [-0.2, -0.15) is 26.3 Å². The van der Waals surface area contributed by atoms with Crippen molar-refractivity contribution in [1.29, 1.82) is 0 Å². The third-order valence-corrected chi connectivity index (χ3v) is 3.87. The van der Waals surface area contributed by atoms with Crippen LogP contribution in [0.1, 0.15) is 42.7 Å². The van der Waals surface area contributed by atoms with E-state index in [-0.39, 0.29) is 17.5 Å². The van der Waals surface area contributed by atoms with Gasteiger partial charge >= 0.3 is 12.4 Å². The quantitative estimate of drug-likeness (QED) is 0.564. The Bertz CT molecular complexity index is 757. The van der Waals surface area contributed by atoms with E-state index < -0.39 is 35.2 Å². The van der Waals surface area contributed by atoms with Crippen LogP contribution in [-0.4, -0.2) is 23.2 Å². The number of pyridine rings is 1. The molecule has 2 N–H and O–H groups in total. The Morgan fingerprint density at radius 1 is 1.12 bits per heavy atom. The Labute approximate surface area is 146 Å². The van der Waals surface area contributed by atoms with Crippen LogP contribution < -0.4 is 5.32 Å². The summed E-state index contributed by atoms with van der Waals surface area (Å²) in [5.74, 6) is 0. The second-order valence-electron chi connectivity index (χ2n) is 5.87. The maximum Gasteiger partial charge on any atom is 0.433 e. The van der Waals surface area contributed by atoms with E-state index in [1.165, 1.54) is 6.07 Å². The van der Waals surface area contributed by atoms with Gasteiger partial charge < -0.3 is 10.4 Å². The molecule has 2 rings (SSSR count). The summed E-state index contributed by atoms with van der Waals surface area (Å²) in [6.07, 6.45) is -9.51. The monoisotopic (exact) mass is 380 g/mol. The standard InChI is InChI=1S/C17H18F6N2O/c1-2-3-7-24-9-13(26)11-8-14(17(21,22)23)25-15-10(11)5-4-6-12(15)16(18,19)20/h4-6,8,13,24,26H,2-3,7,9H2,1H3. The number of hydrogen-bond acceptors (Lipinski definition) is 3. The third kappa shape index (κ3) is 4.64. The number of aromatic nitrogens is 1. The molecule has 2 aromatic rings. The molecule has 0 amide bonds. The van der Waals surface area contributed by atoms with E-state index in [0.29, 0.717) is 18.7 Å². The number of rotatable bonds is 6. The fourth-order valence-electron chi connectivity index (χ4n) is 2.57. The predicted octanol–water partition coefficient (Wildman–Crippen LogP) is 4.70. The first-order valence-electron chi connectivity index (χ1n) is 8.02. The van der Waals surface area contributed by atoms with Crippen LogP contribution in [0, 0.1) is 0 Å². The van der Waals surface area contributed by atoms with Gasteiger partial charge in [-0.15, -0.1) is 0 Å². The largest absolute Gasteiger partial charge is 0.433 e. The van der Waals surface area contributed by atoms with Gasteiger partial charge in [-0.25, -0.2) is 4.98 Å². The number of unbranched alkanes of at least 4 members (excludes halogenated alkanes) is 1. The molecule has 3 nitrogen and oxygen atoms in total. The van der Waals surface area contributed by atoms with Crippen molar-refractivity contribution < 1.29 is 31.4 Å². The van der Waals surface area contributed by atoms with Crippen molar-refractivity contribution in [2.45, 2.75) is 38.2 Å². The highest BCUT2D eigenvalue weighted by Gasteiger charge is 2.37. The molecule has 1 atom stereocenters. The second-order valence-corrected chi connectivity index (χ2v) is 5.87. The number of para-hydroxylation sites is 1. The van der Waals surface area contributed by atoms with E-state index in [2.05, 4.69) is 10.3 Å². The van der Waals surface area contributed by atoms with Gasteiger partial charge in [-0.05, 0) is 30.7 Å². The van der Waals surface area contributed by atoms with Crippen LogP contribution in [0.5, 0.6) is 0 Å². The zero-order valence-corrected chi connectivity index (χ0v) is 13.9. The summed E-state index contributed by atoms with van der Waals surface area (Å²) in [5.41, 5.74) is -3.80. The highest BCUT2D eigenvalue weighted by molar-refractivity contribution is 5.86. The summed E-state index contributed by atoms with van der Waals surface area (Å²) in [6.45, 7) is 2.41. The van der Waals surface area contributed by atoms with Gasteiger partial charge in [-0.3, -0.25) is 0 Å². The molecular formula is C17H18F6N2O. The summed E-state index contributed by atoms with van der Waals surface area (Å²) in [4.78, 5) is 3.19. The minimum absolute atomic E-state index is 0.0767. The predicted molar refractivity (Wildman–Crippen MR) is 84.5 cm³/mol. The lowest BCUT2D eigenvalue weighted by atomic mass is 9.99. The molecule has 0 radical (unpaired) electrons. The molecule has 0 aliphatic carbocycles. The number of aliphatic hydroxyl groups excluding tert-OH is 1. The summed E-state index contributed by atoms with van der Waals surface area (Å²) in [6, 6.07) is 3.59. The van der Waals surface area contributed by atoms with Crippen LogP contribution in [0.3, 0.4) is 0 Å². The molecule has 0 saturated heterocycles. The molecule has 0 spiro atoms. The molecule has 0 saturated carbocycles. The normalized spacial score (nSPS) is 14.0. The topological polar surface area (TPSA) is 45.1 Å². The molecule has 1 aromatic heterocycles. The fourth-order valence-corrected chi connectivity index (χ4v) is 2.57. The lowest BCUT2D eigenvalue weighted by Crippen LogP contribution is -2.23. The number of nitrogens with one attached hydrogen (secondary N) is 1. The van der Waals surface area contributed by atoms with Gasteiger partial charge in [0.15, 0.2) is 0 Å². The fraction of sp³-hybridized carbons (Fsp3) is 0.471. The van der Waals surface area contributed by atoms with Crippen molar-refractivity contribution in [1.82, 2.24) is 10.3 Å². The number of hydrogen-bond donors (Lipinski definition) is 2. The van der Waals surface area contributed by atoms with Crippen LogP contribution in [0.4, 0.5) is 26.3 Å². The van der Waals surface area contributed by atoms with E-state index in [0.717, 1.165) is 18.9 Å². The summed E-state index contributed by atoms with van der Waals surface area (Å²) in [5, 5.41) is 13.0. The van der Waals surface area contributed by atoms with Gasteiger partial charge in [0.05, 0.1) is 17.2 Å². The van der Waals surface area contributed by atoms with Crippen LogP contribution in [0.25, 0.3) is 10.9 Å². The van der Waals surface area contributed by atoms with Crippen molar-refractivity contribution in [2.24, 2.45) is 0 Å². The zero-order chi connectivity index (χ0) is 19.5. The first-order chi connectivity index (χ1) is 12.1. The van der Waals surface area contributed by atoms with Gasteiger partial charge in [0.1, 0.15) is 5.69 Å². The van der Waals surface area contributed by atoms with Crippen LogP contribution in [0.2, 0.25) is 0 Å². The molecule has 1 heterocycles. The van der Waals surface area contributed by atoms with Crippen molar-refractivity contribution in [2.75, 3.05) is 13.1 Å². The number of nitrogens with zero attached hydrogens (tertiary/aromatic N) is 1. The molecular weight excluding hydrogens is 362 g/mol. The smallest absolute Gasteiger partial charge is 0.387 e. The zero-order valence-electron chi connectivity index (χ0n) is 13.9. The Balaban J connectivity index is 2.57. The average molecular weight is 380 g/mol. The molecule has 0 aliphatic heterocycles. The molecule has 1 unspecified atom stereocenters. The summed E-state index contributed by atoms with van der Waals surface area (Å²) >= 11 is 0. The van der Waals surface area contributed by atoms with E-state index in [9.17, 15) is 31.4 Å². The van der Waals surface area contributed by atoms with Crippen molar-refractivity contribution >= 4 is 10.9 Å². The van der Waals surface area contributed by atoms with E-state index in [1.54, 1.807) is 0 Å². The Morgan fingerprint density at radius 3 is 2.38 bits per heavy atom. The maximum atomic E-state index is 13.2. The van der Waals surface area contributed by atoms with Crippen molar-refractivity contribution in [3.63, 3.8) is 0 Å². The third-order valence-electron chi connectivity index (χ3n) is 3.87. The average Bonchev–Trinajstić information content (AvgIpc) is 2.55. The molecule has 0 bridgehead atoms. The van der Waals surface area contributed by atoms with E-state index in [1.807, 2.05) is 6.92 Å². The number of benzene rings is 1. The first-order valence-corrected chi connectivity index (χ1v) is 8.02. The molecule has 0 fully saturated rings. The minimum atomic E-state index is -4.93. The Hall–Kier alpha value is -1.87. The summed E-state index contributed by atoms with van der Waals surface area (Å²) in [7, 11) is 0. The van der Waals surface area contributed by atoms with E-state index >= 15 is 0 Å². The molecule has 0 aliphatic rings. The SMILES string of the molecule is CCCCNCC(O)c1cc(C(F)(F)F)nc2c(C(F)(F)F)cccc12. The van der Waals surface area contributed by atoms with Gasteiger partial charge in [0, 0.05) is 11.9 Å². The highest BCUT2D eigenvalue weighted by atomic mass is 19.4. The Morgan fingerprint density at radius 2 is 1.81 bits per heavy atom. The van der Waals surface area contributed by atoms with Gasteiger partial charge in [0.25, 0.3) is 0 Å². The van der Waals surface area contributed by atoms with Crippen LogP contribution >= 0.6 is 0 Å². The van der Waals surface area contributed by atoms with E-state index in [4.69, 9.17) is 0 Å². The van der Waals surface area contributed by atoms with Crippen molar-refractivity contribution in [3.8, 4) is 0 Å². The number of aliphatic hydroxyl groups is 1. The first kappa shape index (κ1) is 20.4. The number of halogens is 6. The molecule has 9 heteroatoms. The van der Waals surface area contributed by atoms with Gasteiger partial charge in [-0.1, -0.05) is 25.5 Å². The minimum Gasteiger partial charge on any atom is -0.387 e. The maximum absolute atomic E-state index is 13.2. The van der Waals surface area contributed by atoms with Crippen LogP contribution in [-0.2, 0) is 12.4 Å². The molecule has 144 valence electrons. The van der Waals surface area contributed by atoms with Gasteiger partial charge in [0.2, 0.25) is 0 Å². The molecule has 1 aromatic carbocycles. The lowest BCUT2D eigenvalue weighted by Gasteiger charge is -2.19. The Kier molecular flexibility index (Phi) is 6.13. The molecule has 26 heavy (non-hydrogen) atoms. The summed E-state index contributed by atoms with van der Waals surface area (Å²) < 4.78 is 78.8. The van der Waals surface area contributed by atoms with Crippen LogP contribution in [0.15, 0.2) is 24.3 Å². The second kappa shape index (κ2) is 7.79. The number of alkyl halides is 6.